The van der Waals surface area contributed by atoms with Crippen LogP contribution in [0.1, 0.15) is 18.5 Å². The number of aliphatic hydroxyl groups excluding tert-OH is 1. The van der Waals surface area contributed by atoms with Crippen molar-refractivity contribution in [3.05, 3.63) is 83.0 Å². The lowest BCUT2D eigenvalue weighted by atomic mass is 10.1. The number of aromatic nitrogens is 5. The van der Waals surface area contributed by atoms with E-state index < -0.39 is 0 Å². The number of hydrogen-bond acceptors (Lipinski definition) is 8. The molecule has 0 fully saturated rings. The number of nitrogens with one attached hydrogen (secondary N) is 3. The van der Waals surface area contributed by atoms with Gasteiger partial charge in [0, 0.05) is 24.5 Å². The minimum Gasteiger partial charge on any atom is -0.394 e. The molecular weight excluding hydrogens is 434 g/mol. The van der Waals surface area contributed by atoms with Gasteiger partial charge >= 0.3 is 0 Å². The lowest BCUT2D eigenvalue weighted by Crippen LogP contribution is -2.15. The Hall–Kier alpha value is -4.44. The average molecular weight is 457 g/mol. The van der Waals surface area contributed by atoms with Crippen LogP contribution in [0.15, 0.2) is 76.4 Å². The summed E-state index contributed by atoms with van der Waals surface area (Å²) in [5, 5.41) is 23.9. The highest BCUT2D eigenvalue weighted by Gasteiger charge is 2.17. The molecule has 3 aromatic heterocycles. The van der Waals surface area contributed by atoms with Crippen molar-refractivity contribution in [2.75, 3.05) is 17.2 Å². The molecule has 10 nitrogen and oxygen atoms in total. The molecule has 34 heavy (non-hydrogen) atoms. The first-order valence-corrected chi connectivity index (χ1v) is 10.8. The molecule has 5 rings (SSSR count). The Balaban J connectivity index is 1.50. The minimum atomic E-state index is -0.353. The molecular formula is C24H23N7O3. The van der Waals surface area contributed by atoms with Gasteiger partial charge in [0.15, 0.2) is 6.33 Å². The zero-order valence-corrected chi connectivity index (χ0v) is 18.4. The number of benzene rings is 2. The molecule has 0 amide bonds. The van der Waals surface area contributed by atoms with Crippen molar-refractivity contribution < 1.29 is 9.63 Å². The van der Waals surface area contributed by atoms with Crippen LogP contribution in [0.5, 0.6) is 0 Å². The highest BCUT2D eigenvalue weighted by molar-refractivity contribution is 5.83. The molecule has 2 aromatic carbocycles. The number of aromatic amines is 1. The van der Waals surface area contributed by atoms with Crippen molar-refractivity contribution >= 4 is 28.1 Å². The van der Waals surface area contributed by atoms with Crippen molar-refractivity contribution in [1.82, 2.24) is 24.9 Å². The molecule has 3 heterocycles. The van der Waals surface area contributed by atoms with Gasteiger partial charge in [-0.25, -0.2) is 4.98 Å². The number of pyridine rings is 1. The molecule has 0 aliphatic carbocycles. The highest BCUT2D eigenvalue weighted by atomic mass is 16.5. The second-order valence-electron chi connectivity index (χ2n) is 7.69. The maximum Gasteiger partial charge on any atom is 0.271 e. The zero-order valence-electron chi connectivity index (χ0n) is 18.4. The van der Waals surface area contributed by atoms with Gasteiger partial charge in [0.1, 0.15) is 5.82 Å². The highest BCUT2D eigenvalue weighted by Crippen LogP contribution is 2.32. The van der Waals surface area contributed by atoms with Crippen LogP contribution in [-0.2, 0) is 6.54 Å². The molecule has 0 bridgehead atoms. The van der Waals surface area contributed by atoms with Gasteiger partial charge in [-0.15, -0.1) is 0 Å². The van der Waals surface area contributed by atoms with Crippen LogP contribution < -0.4 is 16.2 Å². The van der Waals surface area contributed by atoms with Gasteiger partial charge < -0.3 is 20.3 Å². The fourth-order valence-electron chi connectivity index (χ4n) is 3.88. The summed E-state index contributed by atoms with van der Waals surface area (Å²) in [6.45, 7) is 2.50. The van der Waals surface area contributed by atoms with Gasteiger partial charge in [-0.3, -0.25) is 14.6 Å². The Kier molecular flexibility index (Phi) is 5.79. The molecule has 10 heteroatoms. The lowest BCUT2D eigenvalue weighted by Gasteiger charge is -2.20. The van der Waals surface area contributed by atoms with E-state index >= 15 is 0 Å². The molecule has 4 N–H and O–H groups in total. The van der Waals surface area contributed by atoms with Crippen molar-refractivity contribution in [3.8, 4) is 11.5 Å². The summed E-state index contributed by atoms with van der Waals surface area (Å²) in [4.78, 5) is 20.8. The Bertz CT molecular complexity index is 1460. The monoisotopic (exact) mass is 457 g/mol. The zero-order chi connectivity index (χ0) is 23.5. The van der Waals surface area contributed by atoms with E-state index in [2.05, 4.69) is 30.9 Å². The van der Waals surface area contributed by atoms with E-state index in [-0.39, 0.29) is 18.2 Å². The number of hydrogen-bond donors (Lipinski definition) is 4. The fourth-order valence-corrected chi connectivity index (χ4v) is 3.88. The topological polar surface area (TPSA) is 134 Å². The summed E-state index contributed by atoms with van der Waals surface area (Å²) < 4.78 is 7.05. The third-order valence-electron chi connectivity index (χ3n) is 5.57. The second kappa shape index (κ2) is 9.20. The molecule has 5 aromatic rings. The van der Waals surface area contributed by atoms with Gasteiger partial charge in [-0.2, -0.15) is 4.98 Å². The number of aryl methyl sites for hydroxylation is 1. The number of rotatable bonds is 8. The largest absolute Gasteiger partial charge is 0.394 e. The van der Waals surface area contributed by atoms with E-state index in [9.17, 15) is 9.90 Å². The molecule has 0 radical (unpaired) electrons. The van der Waals surface area contributed by atoms with Crippen LogP contribution in [-0.4, -0.2) is 36.6 Å². The predicted molar refractivity (Wildman–Crippen MR) is 129 cm³/mol. The van der Waals surface area contributed by atoms with Gasteiger partial charge in [0.05, 0.1) is 34.8 Å². The summed E-state index contributed by atoms with van der Waals surface area (Å²) >= 11 is 0. The van der Waals surface area contributed by atoms with Crippen molar-refractivity contribution in [3.63, 3.8) is 0 Å². The van der Waals surface area contributed by atoms with E-state index in [4.69, 9.17) is 4.52 Å². The summed E-state index contributed by atoms with van der Waals surface area (Å²) in [5.74, 6) is 0.878. The third-order valence-corrected chi connectivity index (χ3v) is 5.57. The van der Waals surface area contributed by atoms with Gasteiger partial charge in [-0.1, -0.05) is 35.5 Å². The van der Waals surface area contributed by atoms with Crippen LogP contribution in [0.25, 0.3) is 22.4 Å². The first-order chi connectivity index (χ1) is 16.7. The molecule has 0 saturated heterocycles. The molecule has 0 spiro atoms. The average Bonchev–Trinajstić information content (AvgIpc) is 3.51. The Morgan fingerprint density at radius 3 is 2.74 bits per heavy atom. The quantitative estimate of drug-likeness (QED) is 0.277. The first kappa shape index (κ1) is 21.4. The summed E-state index contributed by atoms with van der Waals surface area (Å²) in [6.07, 6.45) is 2.96. The first-order valence-electron chi connectivity index (χ1n) is 10.8. The maximum atomic E-state index is 12.1. The molecule has 1 atom stereocenters. The van der Waals surface area contributed by atoms with Gasteiger partial charge in [-0.05, 0) is 30.7 Å². The Morgan fingerprint density at radius 2 is 2.00 bits per heavy atom. The van der Waals surface area contributed by atoms with Gasteiger partial charge in [0.25, 0.3) is 11.4 Å². The molecule has 0 aliphatic rings. The van der Waals surface area contributed by atoms with Crippen molar-refractivity contribution in [2.45, 2.75) is 19.5 Å². The maximum absolute atomic E-state index is 12.1. The number of anilines is 3. The van der Waals surface area contributed by atoms with E-state index in [0.717, 1.165) is 16.8 Å². The third kappa shape index (κ3) is 4.14. The summed E-state index contributed by atoms with van der Waals surface area (Å²) in [5.41, 5.74) is 3.68. The molecule has 0 unspecified atom stereocenters. The van der Waals surface area contributed by atoms with Gasteiger partial charge in [0.2, 0.25) is 0 Å². The normalized spacial score (nSPS) is 12.1. The van der Waals surface area contributed by atoms with Crippen LogP contribution in [0.3, 0.4) is 0 Å². The number of H-pyrrole nitrogens is 1. The van der Waals surface area contributed by atoms with Crippen LogP contribution in [0.2, 0.25) is 0 Å². The van der Waals surface area contributed by atoms with Crippen molar-refractivity contribution in [2.24, 2.45) is 0 Å². The van der Waals surface area contributed by atoms with Crippen LogP contribution in [0.4, 0.5) is 17.2 Å². The fraction of sp³-hybridized carbons (Fsp3) is 0.167. The summed E-state index contributed by atoms with van der Waals surface area (Å²) in [6, 6.07) is 16.6. The van der Waals surface area contributed by atoms with E-state index in [0.29, 0.717) is 34.9 Å². The lowest BCUT2D eigenvalue weighted by molar-refractivity contribution is 0.276. The van der Waals surface area contributed by atoms with E-state index in [1.54, 1.807) is 16.9 Å². The van der Waals surface area contributed by atoms with Crippen LogP contribution >= 0.6 is 0 Å². The number of fused-ring (bicyclic) bond motifs is 1. The summed E-state index contributed by atoms with van der Waals surface area (Å²) in [7, 11) is 0. The molecule has 0 saturated carbocycles. The van der Waals surface area contributed by atoms with E-state index in [1.165, 1.54) is 6.33 Å². The Labute approximate surface area is 194 Å². The van der Waals surface area contributed by atoms with E-state index in [1.807, 2.05) is 55.5 Å². The predicted octanol–water partition coefficient (Wildman–Crippen LogP) is 3.68. The second-order valence-corrected chi connectivity index (χ2v) is 7.69. The smallest absolute Gasteiger partial charge is 0.271 e. The molecule has 172 valence electrons. The van der Waals surface area contributed by atoms with Crippen molar-refractivity contribution in [1.29, 1.82) is 0 Å². The number of aliphatic hydroxyl groups is 1. The number of nitrogens with zero attached hydrogens (tertiary/aromatic N) is 4. The minimum absolute atomic E-state index is 0.114. The SMILES string of the molecule is CCn1[nH]c(=O)c2ccc(Nc3cc(N[C@H](CO)c4ccccc4)c(-c4ncno4)cn3)cc21. The van der Waals surface area contributed by atoms with Crippen LogP contribution in [0, 0.1) is 0 Å². The Morgan fingerprint density at radius 1 is 1.15 bits per heavy atom. The standard InChI is InChI=1S/C24H23N7O3/c1-2-31-21-10-16(8-9-17(21)23(33)30-31)28-22-11-19(18(12-25-22)24-26-14-27-34-24)29-20(13-32)15-6-4-3-5-7-15/h3-12,14,20,32H,2,13H2,1H3,(H,30,33)(H2,25,28,29)/t20-/m1/s1. The molecule has 0 aliphatic heterocycles.